The van der Waals surface area contributed by atoms with Gasteiger partial charge < -0.3 is 4.74 Å². The second-order valence-electron chi connectivity index (χ2n) is 6.80. The lowest BCUT2D eigenvalue weighted by molar-refractivity contribution is 0.415. The second kappa shape index (κ2) is 9.04. The van der Waals surface area contributed by atoms with Gasteiger partial charge in [-0.1, -0.05) is 30.3 Å². The fourth-order valence-corrected chi connectivity index (χ4v) is 2.96. The van der Waals surface area contributed by atoms with Crippen molar-refractivity contribution in [2.75, 3.05) is 12.5 Å². The van der Waals surface area contributed by atoms with Crippen molar-refractivity contribution in [3.8, 4) is 17.0 Å². The second-order valence-corrected chi connectivity index (χ2v) is 6.80. The molecule has 0 aliphatic carbocycles. The highest BCUT2D eigenvalue weighted by Crippen LogP contribution is 2.24. The van der Waals surface area contributed by atoms with Crippen LogP contribution in [0.5, 0.6) is 5.75 Å². The topological polar surface area (TPSA) is 110 Å². The molecule has 0 saturated heterocycles. The van der Waals surface area contributed by atoms with Crippen LogP contribution in [-0.4, -0.2) is 38.3 Å². The monoisotopic (exact) mass is 415 g/mol. The lowest BCUT2D eigenvalue weighted by atomic mass is 10.1. The number of ether oxygens (including phenoxy) is 1. The van der Waals surface area contributed by atoms with Crippen LogP contribution in [0, 0.1) is 6.92 Å². The zero-order chi connectivity index (χ0) is 21.6. The van der Waals surface area contributed by atoms with E-state index in [0.29, 0.717) is 12.2 Å². The standard InChI is InChI=1S/C22H21N7O2/c1-15-21(30)24-22(27-25-15)26-23-12-18-14-29(13-16-6-4-3-5-7-16)28-20(18)17-8-10-19(31-2)11-9-17/h3-12,14H,13H2,1-2H3,(H2,24,26,27,30)/b23-12-. The summed E-state index contributed by atoms with van der Waals surface area (Å²) in [6, 6.07) is 17.8. The number of H-pyrrole nitrogens is 1. The van der Waals surface area contributed by atoms with Gasteiger partial charge in [-0.3, -0.25) is 14.5 Å². The van der Waals surface area contributed by atoms with Crippen molar-refractivity contribution in [2.24, 2.45) is 5.10 Å². The molecule has 0 saturated carbocycles. The van der Waals surface area contributed by atoms with Gasteiger partial charge >= 0.3 is 0 Å². The third-order valence-electron chi connectivity index (χ3n) is 4.58. The first-order chi connectivity index (χ1) is 15.1. The van der Waals surface area contributed by atoms with E-state index in [4.69, 9.17) is 9.84 Å². The Balaban J connectivity index is 1.63. The zero-order valence-electron chi connectivity index (χ0n) is 17.1. The van der Waals surface area contributed by atoms with E-state index >= 15 is 0 Å². The highest BCUT2D eigenvalue weighted by atomic mass is 16.5. The van der Waals surface area contributed by atoms with Crippen LogP contribution in [0.4, 0.5) is 5.95 Å². The Kier molecular flexibility index (Phi) is 5.84. The molecule has 2 heterocycles. The van der Waals surface area contributed by atoms with Crippen LogP contribution in [0.3, 0.4) is 0 Å². The molecule has 2 aromatic carbocycles. The molecular weight excluding hydrogens is 394 g/mol. The number of anilines is 1. The number of rotatable bonds is 7. The molecule has 2 aromatic heterocycles. The van der Waals surface area contributed by atoms with Gasteiger partial charge in [0.1, 0.15) is 17.1 Å². The number of hydrogen-bond donors (Lipinski definition) is 2. The molecule has 0 fully saturated rings. The van der Waals surface area contributed by atoms with Crippen LogP contribution < -0.4 is 15.7 Å². The van der Waals surface area contributed by atoms with E-state index < -0.39 is 0 Å². The van der Waals surface area contributed by atoms with Crippen LogP contribution in [0.15, 0.2) is 70.7 Å². The number of aryl methyl sites for hydroxylation is 1. The number of hydrazone groups is 1. The van der Waals surface area contributed by atoms with E-state index in [1.807, 2.05) is 53.3 Å². The summed E-state index contributed by atoms with van der Waals surface area (Å²) in [6.45, 7) is 2.21. The molecule has 0 spiro atoms. The normalized spacial score (nSPS) is 11.0. The Bertz CT molecular complexity index is 1250. The third-order valence-corrected chi connectivity index (χ3v) is 4.58. The van der Waals surface area contributed by atoms with Crippen molar-refractivity contribution in [2.45, 2.75) is 13.5 Å². The SMILES string of the molecule is COc1ccc(-c2nn(Cc3ccccc3)cc2/C=N\Nc2nnc(C)c(=O)[nH]2)cc1. The van der Waals surface area contributed by atoms with Gasteiger partial charge in [0.15, 0.2) is 0 Å². The summed E-state index contributed by atoms with van der Waals surface area (Å²) in [7, 11) is 1.63. The summed E-state index contributed by atoms with van der Waals surface area (Å²) in [5.74, 6) is 0.931. The molecule has 156 valence electrons. The molecule has 0 radical (unpaired) electrons. The lowest BCUT2D eigenvalue weighted by Gasteiger charge is -2.03. The van der Waals surface area contributed by atoms with Crippen LogP contribution >= 0.6 is 0 Å². The molecule has 0 unspecified atom stereocenters. The quantitative estimate of drug-likeness (QED) is 0.355. The fourth-order valence-electron chi connectivity index (χ4n) is 2.96. The molecule has 4 aromatic rings. The lowest BCUT2D eigenvalue weighted by Crippen LogP contribution is -2.15. The maximum absolute atomic E-state index is 11.7. The van der Waals surface area contributed by atoms with E-state index in [1.54, 1.807) is 20.2 Å². The average molecular weight is 415 g/mol. The summed E-state index contributed by atoms with van der Waals surface area (Å²) in [6.07, 6.45) is 3.55. The summed E-state index contributed by atoms with van der Waals surface area (Å²) >= 11 is 0. The Hall–Kier alpha value is -4.27. The van der Waals surface area contributed by atoms with Crippen molar-refractivity contribution in [3.63, 3.8) is 0 Å². The van der Waals surface area contributed by atoms with Crippen LogP contribution in [-0.2, 0) is 6.54 Å². The fraction of sp³-hybridized carbons (Fsp3) is 0.136. The van der Waals surface area contributed by atoms with E-state index in [2.05, 4.69) is 37.8 Å². The number of hydrogen-bond acceptors (Lipinski definition) is 7. The van der Waals surface area contributed by atoms with Crippen molar-refractivity contribution in [1.29, 1.82) is 0 Å². The molecule has 4 rings (SSSR count). The highest BCUT2D eigenvalue weighted by molar-refractivity contribution is 5.88. The van der Waals surface area contributed by atoms with Gasteiger partial charge in [-0.15, -0.1) is 10.2 Å². The van der Waals surface area contributed by atoms with Gasteiger partial charge in [0, 0.05) is 17.3 Å². The van der Waals surface area contributed by atoms with Crippen LogP contribution in [0.2, 0.25) is 0 Å². The van der Waals surface area contributed by atoms with Gasteiger partial charge in [0.2, 0.25) is 5.95 Å². The van der Waals surface area contributed by atoms with E-state index in [1.165, 1.54) is 0 Å². The molecular formula is C22H21N7O2. The smallest absolute Gasteiger partial charge is 0.274 e. The predicted molar refractivity (Wildman–Crippen MR) is 118 cm³/mol. The zero-order valence-corrected chi connectivity index (χ0v) is 17.1. The van der Waals surface area contributed by atoms with E-state index in [9.17, 15) is 4.79 Å². The minimum absolute atomic E-state index is 0.162. The summed E-state index contributed by atoms with van der Waals surface area (Å²) in [5.41, 5.74) is 6.31. The highest BCUT2D eigenvalue weighted by Gasteiger charge is 2.11. The first-order valence-corrected chi connectivity index (χ1v) is 9.61. The maximum atomic E-state index is 11.7. The van der Waals surface area contributed by atoms with Gasteiger partial charge in [0.05, 0.1) is 19.9 Å². The summed E-state index contributed by atoms with van der Waals surface area (Å²) < 4.78 is 7.11. The van der Waals surface area contributed by atoms with E-state index in [-0.39, 0.29) is 11.5 Å². The minimum Gasteiger partial charge on any atom is -0.497 e. The maximum Gasteiger partial charge on any atom is 0.274 e. The molecule has 0 amide bonds. The largest absolute Gasteiger partial charge is 0.497 e. The Morgan fingerprint density at radius 1 is 1.13 bits per heavy atom. The Labute approximate surface area is 178 Å². The van der Waals surface area contributed by atoms with Gasteiger partial charge in [-0.25, -0.2) is 5.43 Å². The van der Waals surface area contributed by atoms with Gasteiger partial charge in [-0.2, -0.15) is 10.2 Å². The Morgan fingerprint density at radius 3 is 2.61 bits per heavy atom. The first-order valence-electron chi connectivity index (χ1n) is 9.61. The molecule has 9 heteroatoms. The van der Waals surface area contributed by atoms with Gasteiger partial charge in [-0.05, 0) is 36.8 Å². The molecule has 9 nitrogen and oxygen atoms in total. The number of nitrogens with one attached hydrogen (secondary N) is 2. The number of nitrogens with zero attached hydrogens (tertiary/aromatic N) is 5. The molecule has 0 aliphatic heterocycles. The molecule has 0 aliphatic rings. The van der Waals surface area contributed by atoms with Crippen LogP contribution in [0.25, 0.3) is 11.3 Å². The number of benzene rings is 2. The van der Waals surface area contributed by atoms with Crippen molar-refractivity contribution >= 4 is 12.2 Å². The van der Waals surface area contributed by atoms with Gasteiger partial charge in [0.25, 0.3) is 5.56 Å². The number of aromatic nitrogens is 5. The van der Waals surface area contributed by atoms with E-state index in [0.717, 1.165) is 28.1 Å². The molecule has 0 bridgehead atoms. The third kappa shape index (κ3) is 4.84. The predicted octanol–water partition coefficient (Wildman–Crippen LogP) is 2.84. The first kappa shape index (κ1) is 20.0. The van der Waals surface area contributed by atoms with Crippen molar-refractivity contribution < 1.29 is 4.74 Å². The molecule has 31 heavy (non-hydrogen) atoms. The molecule has 0 atom stereocenters. The number of aromatic amines is 1. The van der Waals surface area contributed by atoms with Crippen molar-refractivity contribution in [3.05, 3.63) is 88.0 Å². The average Bonchev–Trinajstić information content (AvgIpc) is 3.19. The Morgan fingerprint density at radius 2 is 1.90 bits per heavy atom. The summed E-state index contributed by atoms with van der Waals surface area (Å²) in [5, 5.41) is 16.6. The molecule has 2 N–H and O–H groups in total. The summed E-state index contributed by atoms with van der Waals surface area (Å²) in [4.78, 5) is 14.2. The number of methoxy groups -OCH3 is 1. The minimum atomic E-state index is -0.317. The van der Waals surface area contributed by atoms with Crippen LogP contribution in [0.1, 0.15) is 16.8 Å². The van der Waals surface area contributed by atoms with Crippen molar-refractivity contribution in [1.82, 2.24) is 25.0 Å².